The lowest BCUT2D eigenvalue weighted by Gasteiger charge is -2.41. The summed E-state index contributed by atoms with van der Waals surface area (Å²) in [5.74, 6) is 0.332. The Labute approximate surface area is 296 Å². The summed E-state index contributed by atoms with van der Waals surface area (Å²) in [6, 6.07) is 11.6. The number of nitrogens with one attached hydrogen (secondary N) is 1. The van der Waals surface area contributed by atoms with E-state index in [-0.39, 0.29) is 34.3 Å². The number of halogens is 1. The Morgan fingerprint density at radius 3 is 2.86 bits per heavy atom. The zero-order chi connectivity index (χ0) is 34.1. The largest absolute Gasteiger partial charge is 0.490 e. The quantitative estimate of drug-likeness (QED) is 0.297. The normalized spacial score (nSPS) is 34.0. The van der Waals surface area contributed by atoms with Crippen LogP contribution in [0, 0.1) is 30.1 Å². The average molecular weight is 721 g/mol. The third-order valence-corrected chi connectivity index (χ3v) is 14.3. The molecule has 2 amide bonds. The van der Waals surface area contributed by atoms with Crippen LogP contribution in [-0.2, 0) is 26.5 Å². The molecule has 2 fully saturated rings. The van der Waals surface area contributed by atoms with Crippen LogP contribution < -0.4 is 14.4 Å². The molecule has 8 rings (SSSR count). The van der Waals surface area contributed by atoms with E-state index in [4.69, 9.17) is 21.1 Å². The third kappa shape index (κ3) is 6.00. The Hall–Kier alpha value is -3.25. The maximum atomic E-state index is 14.4. The van der Waals surface area contributed by atoms with E-state index in [9.17, 15) is 13.8 Å². The van der Waals surface area contributed by atoms with Gasteiger partial charge in [0.1, 0.15) is 21.4 Å². The van der Waals surface area contributed by atoms with Gasteiger partial charge in [-0.1, -0.05) is 36.7 Å². The highest BCUT2D eigenvalue weighted by molar-refractivity contribution is 7.92. The van der Waals surface area contributed by atoms with E-state index in [1.807, 2.05) is 25.1 Å². The van der Waals surface area contributed by atoms with Crippen LogP contribution in [-0.4, -0.2) is 59.7 Å². The lowest BCUT2D eigenvalue weighted by molar-refractivity contribution is 0.0963. The first-order valence-electron chi connectivity index (χ1n) is 17.0. The molecule has 258 valence electrons. The number of hydrogen-bond donors (Lipinski definition) is 1. The first-order valence-corrected chi connectivity index (χ1v) is 20.0. The number of rotatable bonds is 3. The maximum absolute atomic E-state index is 14.4. The molecule has 1 unspecified atom stereocenters. The Morgan fingerprint density at radius 1 is 1.22 bits per heavy atom. The number of amides is 2. The zero-order valence-electron chi connectivity index (χ0n) is 27.9. The fraction of sp³-hybridized carbons (Fsp3) is 0.486. The van der Waals surface area contributed by atoms with Crippen LogP contribution in [0.4, 0.5) is 5.69 Å². The molecule has 2 aliphatic heterocycles. The van der Waals surface area contributed by atoms with Crippen LogP contribution in [0.5, 0.6) is 5.75 Å². The number of aromatic nitrogens is 1. The number of benzene rings is 2. The highest BCUT2D eigenvalue weighted by Crippen LogP contribution is 2.81. The van der Waals surface area contributed by atoms with Crippen molar-refractivity contribution in [3.05, 3.63) is 86.3 Å². The van der Waals surface area contributed by atoms with Gasteiger partial charge in [-0.2, -0.15) is 0 Å². The van der Waals surface area contributed by atoms with Gasteiger partial charge in [0.05, 0.1) is 29.2 Å². The van der Waals surface area contributed by atoms with Gasteiger partial charge in [-0.15, -0.1) is 15.7 Å². The SMILES string of the molecule is CO[C@H]1/C=C/C[C@H](C)C[S@@](=O)(NC(=O)c2csc(C)n2)=NC(=O)c2ccc3c(c2)N(C[C@@]2(CCCc4cc(Cl)ccc42)CO3)C[C@]23CC2[C@@H]13. The molecule has 1 N–H and O–H groups in total. The summed E-state index contributed by atoms with van der Waals surface area (Å²) in [6.07, 6.45) is 8.96. The Kier molecular flexibility index (Phi) is 8.21. The monoisotopic (exact) mass is 720 g/mol. The van der Waals surface area contributed by atoms with E-state index in [1.54, 1.807) is 25.5 Å². The van der Waals surface area contributed by atoms with Gasteiger partial charge in [0.2, 0.25) is 0 Å². The van der Waals surface area contributed by atoms with Crippen molar-refractivity contribution in [1.29, 1.82) is 0 Å². The minimum atomic E-state index is -3.51. The predicted octanol–water partition coefficient (Wildman–Crippen LogP) is 6.78. The molecule has 7 atom stereocenters. The molecule has 3 aromatic rings. The van der Waals surface area contributed by atoms with Crippen molar-refractivity contribution >= 4 is 50.4 Å². The van der Waals surface area contributed by atoms with Crippen molar-refractivity contribution in [3.63, 3.8) is 0 Å². The van der Waals surface area contributed by atoms with E-state index in [1.165, 1.54) is 22.5 Å². The molecular formula is C37H41ClN4O5S2. The fourth-order valence-corrected chi connectivity index (χ4v) is 11.4. The first kappa shape index (κ1) is 32.9. The summed E-state index contributed by atoms with van der Waals surface area (Å²) in [6.45, 7) is 5.82. The van der Waals surface area contributed by atoms with Crippen molar-refractivity contribution in [2.24, 2.45) is 27.5 Å². The summed E-state index contributed by atoms with van der Waals surface area (Å²) in [7, 11) is -1.73. The number of anilines is 1. The molecule has 49 heavy (non-hydrogen) atoms. The van der Waals surface area contributed by atoms with Gasteiger partial charge < -0.3 is 14.4 Å². The number of carbonyl (C=O) groups excluding carboxylic acids is 2. The molecular weight excluding hydrogens is 680 g/mol. The van der Waals surface area contributed by atoms with Crippen LogP contribution in [0.15, 0.2) is 58.3 Å². The summed E-state index contributed by atoms with van der Waals surface area (Å²) < 4.78 is 34.0. The molecule has 0 saturated heterocycles. The molecule has 12 heteroatoms. The van der Waals surface area contributed by atoms with E-state index in [0.29, 0.717) is 41.2 Å². The van der Waals surface area contributed by atoms with Crippen molar-refractivity contribution in [2.75, 3.05) is 37.5 Å². The number of nitrogens with zero attached hydrogens (tertiary/aromatic N) is 3. The number of aryl methyl sites for hydroxylation is 2. The summed E-state index contributed by atoms with van der Waals surface area (Å²) >= 11 is 7.78. The highest BCUT2D eigenvalue weighted by Gasteiger charge is 2.80. The van der Waals surface area contributed by atoms with Crippen molar-refractivity contribution < 1.29 is 23.3 Å². The third-order valence-electron chi connectivity index (χ3n) is 11.3. The summed E-state index contributed by atoms with van der Waals surface area (Å²) in [5.41, 5.74) is 3.75. The van der Waals surface area contributed by atoms with E-state index >= 15 is 0 Å². The van der Waals surface area contributed by atoms with Crippen LogP contribution in [0.2, 0.25) is 5.02 Å². The number of allylic oxidation sites excluding steroid dienone is 1. The second kappa shape index (κ2) is 12.2. The van der Waals surface area contributed by atoms with Crippen molar-refractivity contribution in [3.8, 4) is 5.75 Å². The van der Waals surface area contributed by atoms with E-state index in [0.717, 1.165) is 49.5 Å². The number of hydrogen-bond acceptors (Lipinski definition) is 8. The standard InChI is InChI=1S/C37H41ClN4O5S2/c1-22-6-4-8-32(46-3)33-28-16-37(28,33)20-42-19-36(13-5-7-24-14-26(38)10-11-27(24)36)21-47-31-12-9-25(15-30(31)42)34(43)40-49(45,18-22)41-35(44)29-17-48-23(2)39-29/h4,8-12,14-15,17,22,28,32-33H,5-7,13,16,18-21H2,1-3H3,(H,40,41,43,44,45)/b8-4+/t22-,28?,32-,33-,36-,37+,49-/m0/s1. The number of fused-ring (bicyclic) bond motifs is 4. The van der Waals surface area contributed by atoms with Gasteiger partial charge in [-0.05, 0) is 104 Å². The van der Waals surface area contributed by atoms with Crippen LogP contribution >= 0.6 is 22.9 Å². The zero-order valence-corrected chi connectivity index (χ0v) is 30.3. The fourth-order valence-electron chi connectivity index (χ4n) is 8.69. The topological polar surface area (TPSA) is 110 Å². The predicted molar refractivity (Wildman–Crippen MR) is 192 cm³/mol. The van der Waals surface area contributed by atoms with Gasteiger partial charge in [0, 0.05) is 41.6 Å². The van der Waals surface area contributed by atoms with Crippen LogP contribution in [0.25, 0.3) is 0 Å². The van der Waals surface area contributed by atoms with Gasteiger partial charge in [0.15, 0.2) is 0 Å². The number of carbonyl (C=O) groups is 2. The Bertz CT molecular complexity index is 2010. The molecule has 9 nitrogen and oxygen atoms in total. The number of thiazole rings is 1. The molecule has 2 aromatic carbocycles. The highest BCUT2D eigenvalue weighted by atomic mass is 35.5. The lowest BCUT2D eigenvalue weighted by atomic mass is 9.70. The second-order valence-corrected chi connectivity index (χ2v) is 18.2. The lowest BCUT2D eigenvalue weighted by Crippen LogP contribution is -2.47. The number of ether oxygens (including phenoxy) is 2. The van der Waals surface area contributed by atoms with E-state index in [2.05, 4.69) is 43.3 Å². The Balaban J connectivity index is 1.21. The molecule has 3 heterocycles. The van der Waals surface area contributed by atoms with Crippen LogP contribution in [0.3, 0.4) is 0 Å². The number of methoxy groups -OCH3 is 1. The average Bonchev–Trinajstić information content (AvgIpc) is 3.87. The molecule has 2 spiro atoms. The maximum Gasteiger partial charge on any atom is 0.286 e. The molecule has 0 radical (unpaired) electrons. The minimum Gasteiger partial charge on any atom is -0.490 e. The van der Waals surface area contributed by atoms with Gasteiger partial charge in [0.25, 0.3) is 11.8 Å². The molecule has 1 aromatic heterocycles. The van der Waals surface area contributed by atoms with E-state index < -0.39 is 21.7 Å². The van der Waals surface area contributed by atoms with Gasteiger partial charge in [-0.3, -0.25) is 14.3 Å². The second-order valence-electron chi connectivity index (χ2n) is 14.7. The molecule has 3 aliphatic carbocycles. The van der Waals surface area contributed by atoms with Gasteiger partial charge in [-0.25, -0.2) is 9.19 Å². The van der Waals surface area contributed by atoms with Crippen LogP contribution in [0.1, 0.15) is 69.6 Å². The minimum absolute atomic E-state index is 0.0116. The molecule has 2 bridgehead atoms. The Morgan fingerprint density at radius 2 is 2.08 bits per heavy atom. The summed E-state index contributed by atoms with van der Waals surface area (Å²) in [4.78, 5) is 33.8. The summed E-state index contributed by atoms with van der Waals surface area (Å²) in [5, 5.41) is 3.07. The first-order chi connectivity index (χ1) is 23.5. The smallest absolute Gasteiger partial charge is 0.286 e. The molecule has 2 saturated carbocycles. The molecule has 5 aliphatic rings. The van der Waals surface area contributed by atoms with Gasteiger partial charge >= 0.3 is 0 Å². The van der Waals surface area contributed by atoms with Crippen molar-refractivity contribution in [2.45, 2.75) is 57.5 Å². The van der Waals surface area contributed by atoms with Crippen molar-refractivity contribution in [1.82, 2.24) is 9.71 Å².